The van der Waals surface area contributed by atoms with E-state index in [4.69, 9.17) is 9.47 Å². The SMILES string of the molecule is CCOC(=O)c1cnc(C(F)F)c(Br)c1OC. The highest BCUT2D eigenvalue weighted by Gasteiger charge is 2.23. The fraction of sp³-hybridized carbons (Fsp3) is 0.400. The molecule has 1 aromatic heterocycles. The van der Waals surface area contributed by atoms with Gasteiger partial charge in [0.2, 0.25) is 0 Å². The van der Waals surface area contributed by atoms with Crippen LogP contribution in [0.4, 0.5) is 8.78 Å². The molecule has 0 aromatic carbocycles. The molecule has 17 heavy (non-hydrogen) atoms. The van der Waals surface area contributed by atoms with E-state index >= 15 is 0 Å². The zero-order chi connectivity index (χ0) is 13.0. The second-order valence-corrected chi connectivity index (χ2v) is 3.72. The van der Waals surface area contributed by atoms with E-state index in [2.05, 4.69) is 20.9 Å². The van der Waals surface area contributed by atoms with Crippen LogP contribution in [0.3, 0.4) is 0 Å². The van der Waals surface area contributed by atoms with Gasteiger partial charge in [0.1, 0.15) is 11.3 Å². The first-order valence-corrected chi connectivity index (χ1v) is 5.49. The average Bonchev–Trinajstić information content (AvgIpc) is 2.28. The number of carbonyl (C=O) groups excluding carboxylic acids is 1. The van der Waals surface area contributed by atoms with Gasteiger partial charge in [-0.25, -0.2) is 13.6 Å². The molecule has 1 aromatic rings. The second kappa shape index (κ2) is 5.90. The van der Waals surface area contributed by atoms with Crippen molar-refractivity contribution in [3.8, 4) is 5.75 Å². The van der Waals surface area contributed by atoms with Crippen molar-refractivity contribution < 1.29 is 23.0 Å². The third-order valence-corrected chi connectivity index (χ3v) is 2.67. The molecule has 0 radical (unpaired) electrons. The maximum absolute atomic E-state index is 12.6. The number of methoxy groups -OCH3 is 1. The van der Waals surface area contributed by atoms with Crippen LogP contribution in [0.25, 0.3) is 0 Å². The highest BCUT2D eigenvalue weighted by molar-refractivity contribution is 9.10. The van der Waals surface area contributed by atoms with Crippen molar-refractivity contribution in [2.45, 2.75) is 13.3 Å². The fourth-order valence-corrected chi connectivity index (χ4v) is 1.84. The average molecular weight is 310 g/mol. The van der Waals surface area contributed by atoms with Crippen molar-refractivity contribution in [3.63, 3.8) is 0 Å². The van der Waals surface area contributed by atoms with Gasteiger partial charge in [0.25, 0.3) is 6.43 Å². The third kappa shape index (κ3) is 2.91. The van der Waals surface area contributed by atoms with Crippen LogP contribution in [0.2, 0.25) is 0 Å². The van der Waals surface area contributed by atoms with Gasteiger partial charge in [-0.1, -0.05) is 0 Å². The van der Waals surface area contributed by atoms with Gasteiger partial charge in [-0.3, -0.25) is 4.98 Å². The van der Waals surface area contributed by atoms with Crippen LogP contribution < -0.4 is 4.74 Å². The Morgan fingerprint density at radius 3 is 2.71 bits per heavy atom. The van der Waals surface area contributed by atoms with E-state index in [1.165, 1.54) is 7.11 Å². The number of esters is 1. The molecule has 4 nitrogen and oxygen atoms in total. The van der Waals surface area contributed by atoms with E-state index in [1.807, 2.05) is 0 Å². The topological polar surface area (TPSA) is 48.4 Å². The van der Waals surface area contributed by atoms with E-state index in [1.54, 1.807) is 6.92 Å². The molecule has 0 unspecified atom stereocenters. The minimum absolute atomic E-state index is 0.00521. The number of alkyl halides is 2. The lowest BCUT2D eigenvalue weighted by Crippen LogP contribution is -2.09. The maximum Gasteiger partial charge on any atom is 0.343 e. The van der Waals surface area contributed by atoms with E-state index < -0.39 is 18.1 Å². The molecule has 7 heteroatoms. The number of hydrogen-bond acceptors (Lipinski definition) is 4. The van der Waals surface area contributed by atoms with E-state index in [-0.39, 0.29) is 22.4 Å². The Morgan fingerprint density at radius 1 is 1.59 bits per heavy atom. The molecule has 0 saturated carbocycles. The predicted octanol–water partition coefficient (Wildman–Crippen LogP) is 2.97. The van der Waals surface area contributed by atoms with Crippen molar-refractivity contribution in [1.29, 1.82) is 0 Å². The Balaban J connectivity index is 3.25. The molecule has 0 atom stereocenters. The van der Waals surface area contributed by atoms with Crippen LogP contribution in [0, 0.1) is 0 Å². The molecule has 0 fully saturated rings. The number of carbonyl (C=O) groups is 1. The number of rotatable bonds is 4. The molecule has 0 saturated heterocycles. The molecule has 0 spiro atoms. The molecule has 0 amide bonds. The van der Waals surface area contributed by atoms with Crippen molar-refractivity contribution in [2.24, 2.45) is 0 Å². The van der Waals surface area contributed by atoms with Gasteiger partial charge in [-0.2, -0.15) is 0 Å². The number of ether oxygens (including phenoxy) is 2. The Kier molecular flexibility index (Phi) is 4.80. The largest absolute Gasteiger partial charge is 0.495 e. The first-order valence-electron chi connectivity index (χ1n) is 4.70. The lowest BCUT2D eigenvalue weighted by molar-refractivity contribution is 0.0521. The summed E-state index contributed by atoms with van der Waals surface area (Å²) in [6.07, 6.45) is -1.74. The van der Waals surface area contributed by atoms with Gasteiger partial charge in [0.15, 0.2) is 5.75 Å². The number of aromatic nitrogens is 1. The Labute approximate surface area is 105 Å². The molecule has 0 aliphatic heterocycles. The van der Waals surface area contributed by atoms with E-state index in [0.717, 1.165) is 6.20 Å². The van der Waals surface area contributed by atoms with Crippen LogP contribution in [0.5, 0.6) is 5.75 Å². The standard InChI is InChI=1S/C10H10BrF2NO3/c1-3-17-10(15)5-4-14-7(9(12)13)6(11)8(5)16-2/h4,9H,3H2,1-2H3. The van der Waals surface area contributed by atoms with Crippen molar-refractivity contribution in [1.82, 2.24) is 4.98 Å². The minimum Gasteiger partial charge on any atom is -0.495 e. The fourth-order valence-electron chi connectivity index (χ4n) is 1.19. The van der Waals surface area contributed by atoms with Crippen LogP contribution >= 0.6 is 15.9 Å². The summed E-state index contributed by atoms with van der Waals surface area (Å²) in [4.78, 5) is 15.0. The molecule has 1 rings (SSSR count). The molecule has 0 bridgehead atoms. The smallest absolute Gasteiger partial charge is 0.343 e. The molecule has 0 aliphatic carbocycles. The van der Waals surface area contributed by atoms with E-state index in [0.29, 0.717) is 0 Å². The number of nitrogens with zero attached hydrogens (tertiary/aromatic N) is 1. The van der Waals surface area contributed by atoms with Crippen molar-refractivity contribution >= 4 is 21.9 Å². The Morgan fingerprint density at radius 2 is 2.24 bits per heavy atom. The summed E-state index contributed by atoms with van der Waals surface area (Å²) in [7, 11) is 1.28. The van der Waals surface area contributed by atoms with Crippen LogP contribution in [-0.4, -0.2) is 24.7 Å². The summed E-state index contributed by atoms with van der Waals surface area (Å²) in [5.41, 5.74) is -0.472. The van der Waals surface area contributed by atoms with Crippen molar-refractivity contribution in [3.05, 3.63) is 21.9 Å². The molecular formula is C10H10BrF2NO3. The third-order valence-electron chi connectivity index (χ3n) is 1.91. The van der Waals surface area contributed by atoms with Gasteiger partial charge < -0.3 is 9.47 Å². The summed E-state index contributed by atoms with van der Waals surface area (Å²) >= 11 is 2.94. The highest BCUT2D eigenvalue weighted by Crippen LogP contribution is 2.35. The normalized spacial score (nSPS) is 10.5. The quantitative estimate of drug-likeness (QED) is 0.802. The number of halogens is 3. The minimum atomic E-state index is -2.76. The van der Waals surface area contributed by atoms with Crippen LogP contribution in [0.15, 0.2) is 10.7 Å². The molecule has 0 N–H and O–H groups in total. The monoisotopic (exact) mass is 309 g/mol. The van der Waals surface area contributed by atoms with Gasteiger partial charge in [0, 0.05) is 6.20 Å². The molecule has 1 heterocycles. The summed E-state index contributed by atoms with van der Waals surface area (Å²) in [6.45, 7) is 1.82. The summed E-state index contributed by atoms with van der Waals surface area (Å²) < 4.78 is 34.8. The summed E-state index contributed by atoms with van der Waals surface area (Å²) in [5.74, 6) is -0.674. The van der Waals surface area contributed by atoms with Gasteiger partial charge >= 0.3 is 5.97 Å². The second-order valence-electron chi connectivity index (χ2n) is 2.93. The zero-order valence-corrected chi connectivity index (χ0v) is 10.8. The molecular weight excluding hydrogens is 300 g/mol. The number of pyridine rings is 1. The first-order chi connectivity index (χ1) is 8.02. The summed E-state index contributed by atoms with van der Waals surface area (Å²) in [6, 6.07) is 0. The Hall–Kier alpha value is -1.24. The van der Waals surface area contributed by atoms with E-state index in [9.17, 15) is 13.6 Å². The summed E-state index contributed by atoms with van der Waals surface area (Å²) in [5, 5.41) is 0. The number of hydrogen-bond donors (Lipinski definition) is 0. The lowest BCUT2D eigenvalue weighted by Gasteiger charge is -2.11. The van der Waals surface area contributed by atoms with Gasteiger partial charge in [0.05, 0.1) is 18.2 Å². The Bertz CT molecular complexity index is 426. The molecule has 0 aliphatic rings. The van der Waals surface area contributed by atoms with Crippen LogP contribution in [-0.2, 0) is 4.74 Å². The molecule has 94 valence electrons. The van der Waals surface area contributed by atoms with Gasteiger partial charge in [-0.05, 0) is 22.9 Å². The lowest BCUT2D eigenvalue weighted by atomic mass is 10.2. The first kappa shape index (κ1) is 13.8. The highest BCUT2D eigenvalue weighted by atomic mass is 79.9. The maximum atomic E-state index is 12.6. The predicted molar refractivity (Wildman–Crippen MR) is 59.4 cm³/mol. The zero-order valence-electron chi connectivity index (χ0n) is 9.17. The van der Waals surface area contributed by atoms with Gasteiger partial charge in [-0.15, -0.1) is 0 Å². The van der Waals surface area contributed by atoms with Crippen molar-refractivity contribution in [2.75, 3.05) is 13.7 Å². The van der Waals surface area contributed by atoms with Crippen LogP contribution in [0.1, 0.15) is 29.4 Å².